The van der Waals surface area contributed by atoms with Crippen LogP contribution in [0.25, 0.3) is 21.5 Å². The Bertz CT molecular complexity index is 1540. The van der Waals surface area contributed by atoms with E-state index in [1.165, 1.54) is 0 Å². The molecule has 0 aliphatic carbocycles. The van der Waals surface area contributed by atoms with Crippen LogP contribution < -0.4 is 22.2 Å². The average molecular weight is 646 g/mol. The van der Waals surface area contributed by atoms with Crippen LogP contribution in [0.5, 0.6) is 0 Å². The summed E-state index contributed by atoms with van der Waals surface area (Å²) in [5, 5.41) is 1.92. The number of rotatable bonds is 3. The molecule has 0 amide bonds. The third-order valence-electron chi connectivity index (χ3n) is 8.39. The van der Waals surface area contributed by atoms with Crippen molar-refractivity contribution in [2.45, 2.75) is 50.8 Å². The van der Waals surface area contributed by atoms with E-state index in [9.17, 15) is 19.2 Å². The van der Waals surface area contributed by atoms with Gasteiger partial charge in [-0.3, -0.25) is 19.2 Å². The smallest absolute Gasteiger partial charge is 0.276 e. The maximum Gasteiger partial charge on any atom is 0.276 e. The Morgan fingerprint density at radius 3 is 0.947 bits per heavy atom. The van der Waals surface area contributed by atoms with Gasteiger partial charge < -0.3 is 7.43 Å². The van der Waals surface area contributed by atoms with E-state index < -0.39 is 15.8 Å². The van der Waals surface area contributed by atoms with Crippen LogP contribution in [0.4, 0.5) is 0 Å². The summed E-state index contributed by atoms with van der Waals surface area (Å²) in [4.78, 5) is 53.3. The maximum atomic E-state index is 13.3. The second-order valence-electron chi connectivity index (χ2n) is 10.0. The fraction of sp³-hybridized carbons (Fsp3) is 0.370. The minimum absolute atomic E-state index is 0. The van der Waals surface area contributed by atoms with Gasteiger partial charge in [-0.2, -0.15) is 0 Å². The van der Waals surface area contributed by atoms with Gasteiger partial charge in [0.05, 0.1) is 49.7 Å². The van der Waals surface area contributed by atoms with Gasteiger partial charge in [0.15, 0.2) is 23.1 Å². The van der Waals surface area contributed by atoms with Crippen LogP contribution in [0.2, 0.25) is 0 Å². The van der Waals surface area contributed by atoms with E-state index in [2.05, 4.69) is 27.7 Å². The van der Waals surface area contributed by atoms with E-state index in [-0.39, 0.29) is 73.2 Å². The standard InChI is InChI=1S/C26H28N4O4P2.CH3.Pd/c1-15-27-23(31)19-9-5-6-10-20(19)24(32)28(27)16(2)35(15)13-14-36-17(3)29-25(33)21-11-7-8-12-22(21)26(34)30(29)18(36)4;;/h5-12,15-18H,13-14H2,1-4H3;1H3;/q;-1;/p+2/t15-,16?,17-,18?,35?,36?;;/m0../s1. The molecule has 0 N–H and O–H groups in total. The van der Waals surface area contributed by atoms with Crippen molar-refractivity contribution in [2.24, 2.45) is 0 Å². The van der Waals surface area contributed by atoms with E-state index in [0.717, 1.165) is 12.3 Å². The SMILES string of the molecule is CC1n2c(=O)c3ccccc3c(=O)n2[C@H](C)[PH+]1CC[PH+]1C(C)n2c(=O)c3ccccc3c(=O)n2[C@@H]1C.[CH3-].[Pd]. The fourth-order valence-electron chi connectivity index (χ4n) is 6.50. The summed E-state index contributed by atoms with van der Waals surface area (Å²) in [6, 6.07) is 14.1. The summed E-state index contributed by atoms with van der Waals surface area (Å²) in [6.45, 7) is 8.27. The number of fused-ring (bicyclic) bond motifs is 4. The predicted molar refractivity (Wildman–Crippen MR) is 157 cm³/mol. The molecule has 0 saturated carbocycles. The summed E-state index contributed by atoms with van der Waals surface area (Å²) >= 11 is 0. The average Bonchev–Trinajstić information content (AvgIpc) is 3.29. The van der Waals surface area contributed by atoms with Crippen molar-refractivity contribution in [3.8, 4) is 0 Å². The summed E-state index contributed by atoms with van der Waals surface area (Å²) in [5.41, 5.74) is -0.395. The van der Waals surface area contributed by atoms with Gasteiger partial charge in [0.2, 0.25) is 0 Å². The molecule has 204 valence electrons. The Hall–Kier alpha value is -2.16. The van der Waals surface area contributed by atoms with Crippen molar-refractivity contribution < 1.29 is 20.4 Å². The zero-order chi connectivity index (χ0) is 25.5. The fourth-order valence-corrected chi connectivity index (χ4v) is 14.1. The number of aromatic nitrogens is 4. The largest absolute Gasteiger partial charge is 0.358 e. The Balaban J connectivity index is 0.00000168. The van der Waals surface area contributed by atoms with Gasteiger partial charge in [-0.05, 0) is 52.0 Å². The maximum absolute atomic E-state index is 13.3. The van der Waals surface area contributed by atoms with E-state index >= 15 is 0 Å². The monoisotopic (exact) mass is 645 g/mol. The van der Waals surface area contributed by atoms with E-state index in [1.807, 2.05) is 0 Å². The molecule has 0 spiro atoms. The molecule has 2 aliphatic heterocycles. The summed E-state index contributed by atoms with van der Waals surface area (Å²) < 4.78 is 6.77. The molecule has 4 heterocycles. The van der Waals surface area contributed by atoms with Crippen LogP contribution in [-0.2, 0) is 20.4 Å². The van der Waals surface area contributed by atoms with Gasteiger partial charge >= 0.3 is 0 Å². The Labute approximate surface area is 236 Å². The van der Waals surface area contributed by atoms with Gasteiger partial charge in [0.25, 0.3) is 22.2 Å². The molecule has 6 atom stereocenters. The molecule has 8 nitrogen and oxygen atoms in total. The van der Waals surface area contributed by atoms with Crippen molar-refractivity contribution in [1.82, 2.24) is 18.7 Å². The molecule has 2 aliphatic rings. The molecule has 4 unspecified atom stereocenters. The first-order chi connectivity index (χ1) is 17.2. The predicted octanol–water partition coefficient (Wildman–Crippen LogP) is 4.32. The number of hydrogen-bond donors (Lipinski definition) is 0. The van der Waals surface area contributed by atoms with Crippen molar-refractivity contribution in [1.29, 1.82) is 0 Å². The Kier molecular flexibility index (Phi) is 7.92. The van der Waals surface area contributed by atoms with Gasteiger partial charge in [-0.1, -0.05) is 24.3 Å². The molecule has 2 aromatic heterocycles. The molecule has 6 rings (SSSR count). The zero-order valence-corrected chi connectivity index (χ0v) is 25.6. The van der Waals surface area contributed by atoms with Gasteiger partial charge in [0, 0.05) is 20.4 Å². The number of nitrogens with zero attached hydrogens (tertiary/aromatic N) is 4. The second-order valence-corrected chi connectivity index (χ2v) is 16.7. The molecule has 0 bridgehead atoms. The van der Waals surface area contributed by atoms with Crippen LogP contribution in [0.3, 0.4) is 0 Å². The molecular formula is C27H33N4O4P2Pd+. The van der Waals surface area contributed by atoms with E-state index in [4.69, 9.17) is 0 Å². The van der Waals surface area contributed by atoms with E-state index in [1.54, 1.807) is 67.3 Å². The molecule has 4 aromatic rings. The van der Waals surface area contributed by atoms with E-state index in [0.29, 0.717) is 21.5 Å². The first kappa shape index (κ1) is 28.8. The third-order valence-corrected chi connectivity index (χ3v) is 15.8. The summed E-state index contributed by atoms with van der Waals surface area (Å²) in [7, 11) is -2.29. The second kappa shape index (κ2) is 10.4. The van der Waals surface area contributed by atoms with Crippen molar-refractivity contribution in [3.05, 3.63) is 97.4 Å². The number of hydrogen-bond acceptors (Lipinski definition) is 4. The van der Waals surface area contributed by atoms with Crippen LogP contribution in [0, 0.1) is 7.43 Å². The zero-order valence-electron chi connectivity index (χ0n) is 22.1. The molecule has 11 heteroatoms. The molecule has 2 aromatic carbocycles. The quantitative estimate of drug-likeness (QED) is 0.189. The first-order valence-corrected chi connectivity index (χ1v) is 16.2. The normalized spacial score (nSPS) is 25.6. The van der Waals surface area contributed by atoms with Gasteiger partial charge in [-0.25, -0.2) is 18.7 Å². The van der Waals surface area contributed by atoms with Crippen LogP contribution in [-0.4, -0.2) is 31.1 Å². The minimum Gasteiger partial charge on any atom is -0.358 e. The van der Waals surface area contributed by atoms with Crippen molar-refractivity contribution in [3.63, 3.8) is 0 Å². The van der Waals surface area contributed by atoms with Gasteiger partial charge in [0.1, 0.15) is 0 Å². The summed E-state index contributed by atoms with van der Waals surface area (Å²) in [6.07, 6.45) is 1.85. The molecule has 0 radical (unpaired) electrons. The number of benzene rings is 2. The molecule has 0 saturated heterocycles. The van der Waals surface area contributed by atoms with Crippen LogP contribution in [0.15, 0.2) is 67.7 Å². The van der Waals surface area contributed by atoms with Gasteiger partial charge in [-0.15, -0.1) is 0 Å². The molecule has 0 fully saturated rings. The molecule has 38 heavy (non-hydrogen) atoms. The topological polar surface area (TPSA) is 88.0 Å². The van der Waals surface area contributed by atoms with Crippen molar-refractivity contribution in [2.75, 3.05) is 12.3 Å². The Morgan fingerprint density at radius 1 is 0.526 bits per heavy atom. The molecular weight excluding hydrogens is 613 g/mol. The minimum atomic E-state index is -1.15. The Morgan fingerprint density at radius 2 is 0.737 bits per heavy atom. The van der Waals surface area contributed by atoms with Crippen LogP contribution >= 0.6 is 15.8 Å². The summed E-state index contributed by atoms with van der Waals surface area (Å²) in [5.74, 6) is -0.0562. The first-order valence-electron chi connectivity index (χ1n) is 12.5. The van der Waals surface area contributed by atoms with Crippen LogP contribution in [0.1, 0.15) is 50.8 Å². The third kappa shape index (κ3) is 3.89. The van der Waals surface area contributed by atoms with Crippen molar-refractivity contribution >= 4 is 37.4 Å².